The molecule has 1 aromatic carbocycles. The Kier molecular flexibility index (Phi) is 6.85. The highest BCUT2D eigenvalue weighted by molar-refractivity contribution is 8.00. The van der Waals surface area contributed by atoms with Crippen LogP contribution in [0.1, 0.15) is 37.6 Å². The molecular formula is C23H25FN4O3S2. The van der Waals surface area contributed by atoms with Crippen LogP contribution in [0, 0.1) is 11.7 Å². The van der Waals surface area contributed by atoms with Crippen molar-refractivity contribution in [3.63, 3.8) is 0 Å². The Labute approximate surface area is 198 Å². The van der Waals surface area contributed by atoms with Crippen molar-refractivity contribution in [2.24, 2.45) is 5.92 Å². The summed E-state index contributed by atoms with van der Waals surface area (Å²) in [6, 6.07) is 5.42. The minimum absolute atomic E-state index is 0.0832. The van der Waals surface area contributed by atoms with Gasteiger partial charge in [0.1, 0.15) is 10.6 Å². The molecule has 0 spiro atoms. The van der Waals surface area contributed by atoms with Crippen molar-refractivity contribution < 1.29 is 14.0 Å². The summed E-state index contributed by atoms with van der Waals surface area (Å²) in [5.41, 5.74) is 0.755. The van der Waals surface area contributed by atoms with E-state index in [0.717, 1.165) is 41.5 Å². The van der Waals surface area contributed by atoms with Crippen LogP contribution >= 0.6 is 23.1 Å². The number of rotatable bonds is 5. The molecule has 7 nitrogen and oxygen atoms in total. The normalized spacial score (nSPS) is 16.3. The number of para-hydroxylation sites is 1. The predicted molar refractivity (Wildman–Crippen MR) is 129 cm³/mol. The van der Waals surface area contributed by atoms with Gasteiger partial charge in [0.2, 0.25) is 5.91 Å². The van der Waals surface area contributed by atoms with Crippen molar-refractivity contribution >= 4 is 45.3 Å². The monoisotopic (exact) mass is 488 g/mol. The number of halogens is 1. The summed E-state index contributed by atoms with van der Waals surface area (Å²) < 4.78 is 16.0. The highest BCUT2D eigenvalue weighted by Gasteiger charge is 2.27. The molecule has 174 valence electrons. The maximum Gasteiger partial charge on any atom is 0.321 e. The Bertz CT molecular complexity index is 1290. The van der Waals surface area contributed by atoms with Crippen LogP contribution in [0.4, 0.5) is 9.18 Å². The van der Waals surface area contributed by atoms with Crippen LogP contribution in [0.15, 0.2) is 34.2 Å². The molecule has 0 unspecified atom stereocenters. The number of imide groups is 1. The molecule has 2 heterocycles. The number of amides is 3. The zero-order valence-electron chi connectivity index (χ0n) is 18.6. The van der Waals surface area contributed by atoms with Gasteiger partial charge in [-0.2, -0.15) is 0 Å². The third-order valence-electron chi connectivity index (χ3n) is 5.62. The topological polar surface area (TPSA) is 93.1 Å². The molecule has 1 aliphatic rings. The number of aromatic nitrogens is 2. The first-order valence-electron chi connectivity index (χ1n) is 10.9. The number of carbonyl (C=O) groups is 2. The van der Waals surface area contributed by atoms with Gasteiger partial charge in [0.25, 0.3) is 5.56 Å². The Balaban J connectivity index is 1.82. The van der Waals surface area contributed by atoms with Gasteiger partial charge in [-0.3, -0.25) is 19.5 Å². The van der Waals surface area contributed by atoms with Crippen molar-refractivity contribution in [2.75, 3.05) is 6.54 Å². The average Bonchev–Trinajstić information content (AvgIpc) is 3.12. The van der Waals surface area contributed by atoms with E-state index in [2.05, 4.69) is 17.6 Å². The Morgan fingerprint density at radius 3 is 2.85 bits per heavy atom. The number of fused-ring (bicyclic) bond motifs is 3. The molecule has 2 aromatic heterocycles. The quantitative estimate of drug-likeness (QED) is 0.418. The van der Waals surface area contributed by atoms with E-state index in [0.29, 0.717) is 22.7 Å². The largest absolute Gasteiger partial charge is 0.338 e. The number of carbonyl (C=O) groups excluding carboxylic acids is 2. The number of hydrogen-bond acceptors (Lipinski definition) is 6. The summed E-state index contributed by atoms with van der Waals surface area (Å²) in [7, 11) is 0. The number of hydrogen-bond donors (Lipinski definition) is 2. The molecule has 1 aliphatic carbocycles. The zero-order chi connectivity index (χ0) is 23.7. The van der Waals surface area contributed by atoms with E-state index in [1.807, 2.05) is 0 Å². The minimum Gasteiger partial charge on any atom is -0.338 e. The highest BCUT2D eigenvalue weighted by atomic mass is 32.2. The maximum atomic E-state index is 14.8. The third kappa shape index (κ3) is 4.67. The number of aryl methyl sites for hydroxylation is 1. The van der Waals surface area contributed by atoms with E-state index >= 15 is 0 Å². The molecular weight excluding hydrogens is 463 g/mol. The van der Waals surface area contributed by atoms with Gasteiger partial charge >= 0.3 is 6.03 Å². The van der Waals surface area contributed by atoms with Crippen LogP contribution in [0.2, 0.25) is 0 Å². The lowest BCUT2D eigenvalue weighted by Gasteiger charge is -2.18. The Hall–Kier alpha value is -2.72. The molecule has 2 N–H and O–H groups in total. The van der Waals surface area contributed by atoms with Crippen LogP contribution in [0.3, 0.4) is 0 Å². The van der Waals surface area contributed by atoms with Gasteiger partial charge in [-0.25, -0.2) is 14.2 Å². The van der Waals surface area contributed by atoms with Crippen molar-refractivity contribution in [1.82, 2.24) is 20.2 Å². The molecule has 2 atom stereocenters. The van der Waals surface area contributed by atoms with Crippen molar-refractivity contribution in [3.8, 4) is 5.69 Å². The molecule has 3 amide bonds. The number of thiophene rings is 1. The van der Waals surface area contributed by atoms with E-state index in [4.69, 9.17) is 4.98 Å². The number of nitrogens with one attached hydrogen (secondary N) is 2. The number of nitrogens with zero attached hydrogens (tertiary/aromatic N) is 2. The number of urea groups is 1. The van der Waals surface area contributed by atoms with Gasteiger partial charge in [-0.05, 0) is 56.7 Å². The first-order chi connectivity index (χ1) is 15.8. The summed E-state index contributed by atoms with van der Waals surface area (Å²) >= 11 is 2.51. The van der Waals surface area contributed by atoms with E-state index in [9.17, 15) is 18.8 Å². The van der Waals surface area contributed by atoms with Crippen LogP contribution in [-0.4, -0.2) is 33.3 Å². The fourth-order valence-electron chi connectivity index (χ4n) is 3.93. The van der Waals surface area contributed by atoms with Crippen molar-refractivity contribution in [1.29, 1.82) is 0 Å². The molecule has 33 heavy (non-hydrogen) atoms. The number of benzene rings is 1. The van der Waals surface area contributed by atoms with Crippen LogP contribution in [0.25, 0.3) is 15.9 Å². The maximum absolute atomic E-state index is 14.8. The molecule has 3 aromatic rings. The van der Waals surface area contributed by atoms with Gasteiger partial charge in [0, 0.05) is 11.4 Å². The second kappa shape index (κ2) is 9.64. The average molecular weight is 489 g/mol. The first kappa shape index (κ1) is 23.4. The van der Waals surface area contributed by atoms with E-state index in [-0.39, 0.29) is 16.4 Å². The van der Waals surface area contributed by atoms with E-state index in [1.54, 1.807) is 26.0 Å². The second-order valence-electron chi connectivity index (χ2n) is 8.13. The minimum atomic E-state index is -0.746. The molecule has 0 radical (unpaired) electrons. The number of thioether (sulfide) groups is 1. The van der Waals surface area contributed by atoms with E-state index < -0.39 is 23.0 Å². The van der Waals surface area contributed by atoms with Gasteiger partial charge in [0.15, 0.2) is 5.16 Å². The summed E-state index contributed by atoms with van der Waals surface area (Å²) in [6.07, 6.45) is 2.68. The van der Waals surface area contributed by atoms with Gasteiger partial charge < -0.3 is 5.32 Å². The third-order valence-corrected chi connectivity index (χ3v) is 7.82. The molecule has 0 saturated heterocycles. The van der Waals surface area contributed by atoms with Gasteiger partial charge in [-0.1, -0.05) is 30.8 Å². The van der Waals surface area contributed by atoms with Gasteiger partial charge in [-0.15, -0.1) is 11.3 Å². The van der Waals surface area contributed by atoms with Crippen LogP contribution in [-0.2, 0) is 17.6 Å². The Morgan fingerprint density at radius 1 is 1.36 bits per heavy atom. The lowest BCUT2D eigenvalue weighted by atomic mass is 9.89. The SMILES string of the molecule is CCNC(=O)NC(=O)[C@H](C)Sc1nc2sc3c(c2c(=O)n1-c1ccccc1F)CC[C@H](C)C3. The van der Waals surface area contributed by atoms with Crippen molar-refractivity contribution in [2.45, 2.75) is 50.4 Å². The lowest BCUT2D eigenvalue weighted by molar-refractivity contribution is -0.119. The Morgan fingerprint density at radius 2 is 2.12 bits per heavy atom. The van der Waals surface area contributed by atoms with Crippen LogP contribution in [0.5, 0.6) is 0 Å². The smallest absolute Gasteiger partial charge is 0.321 e. The second-order valence-corrected chi connectivity index (χ2v) is 10.5. The first-order valence-corrected chi connectivity index (χ1v) is 12.6. The molecule has 4 rings (SSSR count). The lowest BCUT2D eigenvalue weighted by Crippen LogP contribution is -2.42. The van der Waals surface area contributed by atoms with Gasteiger partial charge in [0.05, 0.1) is 16.3 Å². The molecule has 0 fully saturated rings. The summed E-state index contributed by atoms with van der Waals surface area (Å²) in [6.45, 7) is 5.93. The summed E-state index contributed by atoms with van der Waals surface area (Å²) in [5.74, 6) is -0.550. The molecule has 10 heteroatoms. The predicted octanol–water partition coefficient (Wildman–Crippen LogP) is 4.04. The molecule has 0 saturated carbocycles. The van der Waals surface area contributed by atoms with Crippen molar-refractivity contribution in [3.05, 3.63) is 50.9 Å². The fourth-order valence-corrected chi connectivity index (χ4v) is 6.27. The summed E-state index contributed by atoms with van der Waals surface area (Å²) in [5, 5.41) is 4.78. The fraction of sp³-hybridized carbons (Fsp3) is 0.391. The van der Waals surface area contributed by atoms with Crippen LogP contribution < -0.4 is 16.2 Å². The summed E-state index contributed by atoms with van der Waals surface area (Å²) in [4.78, 5) is 44.4. The zero-order valence-corrected chi connectivity index (χ0v) is 20.2. The highest BCUT2D eigenvalue weighted by Crippen LogP contribution is 2.37. The standard InChI is InChI=1S/C23H25FN4O3S2/c1-4-25-22(31)26-19(29)13(3)32-23-27-20-18(14-10-9-12(2)11-17(14)33-20)21(30)28(23)16-8-6-5-7-15(16)24/h5-8,12-13H,4,9-11H2,1-3H3,(H2,25,26,29,31)/t12-,13-/m0/s1. The van der Waals surface area contributed by atoms with E-state index in [1.165, 1.54) is 28.0 Å². The molecule has 0 bridgehead atoms. The molecule has 0 aliphatic heterocycles.